The Morgan fingerprint density at radius 3 is 2.58 bits per heavy atom. The van der Waals surface area contributed by atoms with E-state index in [1.165, 1.54) is 22.5 Å². The predicted octanol–water partition coefficient (Wildman–Crippen LogP) is 3.58. The lowest BCUT2D eigenvalue weighted by Gasteiger charge is -2.40. The maximum atomic E-state index is 13.1. The quantitative estimate of drug-likeness (QED) is 0.535. The highest BCUT2D eigenvalue weighted by Crippen LogP contribution is 2.28. The van der Waals surface area contributed by atoms with E-state index in [0.717, 1.165) is 24.3 Å². The molecule has 1 saturated heterocycles. The summed E-state index contributed by atoms with van der Waals surface area (Å²) in [5, 5.41) is 6.93. The molecule has 1 fully saturated rings. The largest absolute Gasteiger partial charge is 0.341 e. The number of rotatable bonds is 7. The zero-order valence-corrected chi connectivity index (χ0v) is 20.3. The molecular weight excluding hydrogens is 434 g/mol. The first kappa shape index (κ1) is 23.2. The molecule has 8 heteroatoms. The van der Waals surface area contributed by atoms with Crippen molar-refractivity contribution in [2.75, 3.05) is 20.1 Å². The van der Waals surface area contributed by atoms with Gasteiger partial charge in [-0.3, -0.25) is 14.3 Å². The van der Waals surface area contributed by atoms with Gasteiger partial charge < -0.3 is 9.80 Å². The van der Waals surface area contributed by atoms with Gasteiger partial charge in [-0.05, 0) is 56.2 Å². The van der Waals surface area contributed by atoms with Crippen LogP contribution in [0.4, 0.5) is 0 Å². The van der Waals surface area contributed by atoms with Gasteiger partial charge in [-0.25, -0.2) is 4.98 Å². The number of benzene rings is 1. The lowest BCUT2D eigenvalue weighted by atomic mass is 9.84. The fourth-order valence-corrected chi connectivity index (χ4v) is 5.21. The molecule has 4 rings (SSSR count). The van der Waals surface area contributed by atoms with Gasteiger partial charge in [0.2, 0.25) is 5.91 Å². The first-order valence-corrected chi connectivity index (χ1v) is 12.3. The van der Waals surface area contributed by atoms with E-state index in [4.69, 9.17) is 0 Å². The number of carbonyl (C=O) groups excluding carboxylic acids is 2. The van der Waals surface area contributed by atoms with Crippen molar-refractivity contribution < 1.29 is 9.59 Å². The van der Waals surface area contributed by atoms with Gasteiger partial charge in [0.05, 0.1) is 5.01 Å². The smallest absolute Gasteiger partial charge is 0.273 e. The molecule has 0 spiro atoms. The third-order valence-electron chi connectivity index (χ3n) is 6.65. The maximum absolute atomic E-state index is 13.1. The van der Waals surface area contributed by atoms with Crippen molar-refractivity contribution in [1.29, 1.82) is 0 Å². The van der Waals surface area contributed by atoms with E-state index in [1.54, 1.807) is 10.9 Å². The second-order valence-corrected chi connectivity index (χ2v) is 9.85. The predicted molar refractivity (Wildman–Crippen MR) is 129 cm³/mol. The van der Waals surface area contributed by atoms with Crippen molar-refractivity contribution in [1.82, 2.24) is 24.6 Å². The third-order valence-corrected chi connectivity index (χ3v) is 7.42. The number of hydrogen-bond donors (Lipinski definition) is 0. The van der Waals surface area contributed by atoms with Crippen LogP contribution >= 0.6 is 11.3 Å². The number of likely N-dealkylation sites (tertiary alicyclic amines) is 1. The minimum atomic E-state index is 0.0105. The van der Waals surface area contributed by atoms with E-state index in [0.29, 0.717) is 24.7 Å². The minimum absolute atomic E-state index is 0.0105. The number of thiazole rings is 1. The van der Waals surface area contributed by atoms with Gasteiger partial charge >= 0.3 is 0 Å². The van der Waals surface area contributed by atoms with Gasteiger partial charge in [0.1, 0.15) is 12.2 Å². The van der Waals surface area contributed by atoms with Crippen LogP contribution in [0.25, 0.3) is 0 Å². The van der Waals surface area contributed by atoms with E-state index >= 15 is 0 Å². The van der Waals surface area contributed by atoms with Crippen LogP contribution < -0.4 is 0 Å². The van der Waals surface area contributed by atoms with Crippen molar-refractivity contribution in [2.24, 2.45) is 5.92 Å². The number of amides is 2. The molecule has 0 bridgehead atoms. The fraction of sp³-hybridized carbons (Fsp3) is 0.440. The first-order chi connectivity index (χ1) is 15.9. The van der Waals surface area contributed by atoms with Crippen LogP contribution in [0.15, 0.2) is 48.1 Å². The molecule has 0 radical (unpaired) electrons. The Labute approximate surface area is 199 Å². The summed E-state index contributed by atoms with van der Waals surface area (Å²) in [7, 11) is 1.91. The number of hydrogen-bond acceptors (Lipinski definition) is 5. The zero-order chi connectivity index (χ0) is 23.4. The number of piperidine rings is 1. The van der Waals surface area contributed by atoms with Crippen LogP contribution in [0.1, 0.15) is 39.5 Å². The van der Waals surface area contributed by atoms with Gasteiger partial charge in [-0.15, -0.1) is 11.3 Å². The monoisotopic (exact) mass is 465 g/mol. The van der Waals surface area contributed by atoms with Crippen molar-refractivity contribution in [2.45, 2.75) is 45.7 Å². The molecule has 0 unspecified atom stereocenters. The van der Waals surface area contributed by atoms with Crippen LogP contribution in [0, 0.1) is 19.8 Å². The lowest BCUT2D eigenvalue weighted by molar-refractivity contribution is -0.134. The molecule has 1 aliphatic rings. The maximum Gasteiger partial charge on any atom is 0.273 e. The first-order valence-electron chi connectivity index (χ1n) is 11.4. The second kappa shape index (κ2) is 10.3. The topological polar surface area (TPSA) is 71.3 Å². The Bertz CT molecular complexity index is 1090. The van der Waals surface area contributed by atoms with E-state index < -0.39 is 0 Å². The molecule has 3 aromatic rings. The molecule has 2 aromatic heterocycles. The van der Waals surface area contributed by atoms with Crippen molar-refractivity contribution in [3.05, 3.63) is 69.9 Å². The third kappa shape index (κ3) is 5.50. The summed E-state index contributed by atoms with van der Waals surface area (Å²) in [4.78, 5) is 34.1. The number of nitrogens with zero attached hydrogens (tertiary/aromatic N) is 5. The molecule has 0 saturated carbocycles. The van der Waals surface area contributed by atoms with Crippen molar-refractivity contribution in [3.63, 3.8) is 0 Å². The van der Waals surface area contributed by atoms with E-state index in [1.807, 2.05) is 47.5 Å². The molecule has 1 atom stereocenters. The molecule has 0 aliphatic carbocycles. The van der Waals surface area contributed by atoms with Gasteiger partial charge in [-0.2, -0.15) is 5.10 Å². The Hall–Kier alpha value is -3.00. The SMILES string of the molecule is Cc1nc(C(=O)N2CCC([C@@H](Cc3ccccc3C)N(C)C(=O)Cn3cccn3)CC2)cs1. The fourth-order valence-electron chi connectivity index (χ4n) is 4.62. The van der Waals surface area contributed by atoms with Crippen molar-refractivity contribution >= 4 is 23.2 Å². The molecule has 0 N–H and O–H groups in total. The van der Waals surface area contributed by atoms with Crippen LogP contribution in [0.3, 0.4) is 0 Å². The molecule has 1 aliphatic heterocycles. The summed E-state index contributed by atoms with van der Waals surface area (Å²) in [5.74, 6) is 0.377. The highest BCUT2D eigenvalue weighted by atomic mass is 32.1. The molecular formula is C25H31N5O2S. The average Bonchev–Trinajstić information content (AvgIpc) is 3.49. The van der Waals surface area contributed by atoms with Crippen molar-refractivity contribution in [3.8, 4) is 0 Å². The molecule has 174 valence electrons. The molecule has 7 nitrogen and oxygen atoms in total. The zero-order valence-electron chi connectivity index (χ0n) is 19.5. The Balaban J connectivity index is 1.47. The number of likely N-dealkylation sites (N-methyl/N-ethyl adjacent to an activating group) is 1. The average molecular weight is 466 g/mol. The van der Waals surface area contributed by atoms with Gasteiger partial charge in [0, 0.05) is 44.0 Å². The Kier molecular flexibility index (Phi) is 7.23. The Morgan fingerprint density at radius 2 is 1.94 bits per heavy atom. The van der Waals surface area contributed by atoms with Gasteiger partial charge in [0.25, 0.3) is 5.91 Å². The normalized spacial score (nSPS) is 15.4. The van der Waals surface area contributed by atoms with Gasteiger partial charge in [0.15, 0.2) is 0 Å². The van der Waals surface area contributed by atoms with Gasteiger partial charge in [-0.1, -0.05) is 24.3 Å². The summed E-state index contributed by atoms with van der Waals surface area (Å²) < 4.78 is 1.67. The van der Waals surface area contributed by atoms with Crippen LogP contribution in [-0.2, 0) is 17.8 Å². The van der Waals surface area contributed by atoms with Crippen LogP contribution in [0.2, 0.25) is 0 Å². The number of aromatic nitrogens is 3. The number of aryl methyl sites for hydroxylation is 2. The number of carbonyl (C=O) groups is 2. The summed E-state index contributed by atoms with van der Waals surface area (Å²) in [6, 6.07) is 10.3. The van der Waals surface area contributed by atoms with E-state index in [-0.39, 0.29) is 24.4 Å². The molecule has 3 heterocycles. The highest BCUT2D eigenvalue weighted by Gasteiger charge is 2.33. The van der Waals surface area contributed by atoms with E-state index in [9.17, 15) is 9.59 Å². The lowest BCUT2D eigenvalue weighted by Crippen LogP contribution is -2.49. The standard InChI is InChI=1S/C25H31N5O2S/c1-18-7-4-5-8-21(18)15-23(28(3)24(31)16-30-12-6-11-26-30)20-9-13-29(14-10-20)25(32)22-17-33-19(2)27-22/h4-8,11-12,17,20,23H,9-10,13-16H2,1-3H3/t23-/m1/s1. The summed E-state index contributed by atoms with van der Waals surface area (Å²) in [6.07, 6.45) is 6.04. The summed E-state index contributed by atoms with van der Waals surface area (Å²) >= 11 is 1.50. The molecule has 2 amide bonds. The van der Waals surface area contributed by atoms with E-state index in [2.05, 4.69) is 35.2 Å². The minimum Gasteiger partial charge on any atom is -0.341 e. The molecule has 1 aromatic carbocycles. The molecule has 33 heavy (non-hydrogen) atoms. The van der Waals surface area contributed by atoms with Crippen LogP contribution in [-0.4, -0.2) is 62.6 Å². The van der Waals surface area contributed by atoms with Crippen LogP contribution in [0.5, 0.6) is 0 Å². The summed E-state index contributed by atoms with van der Waals surface area (Å²) in [6.45, 7) is 5.64. The second-order valence-electron chi connectivity index (χ2n) is 8.79. The summed E-state index contributed by atoms with van der Waals surface area (Å²) in [5.41, 5.74) is 3.04. The Morgan fingerprint density at radius 1 is 1.18 bits per heavy atom. The highest BCUT2D eigenvalue weighted by molar-refractivity contribution is 7.09.